The molecule has 0 aliphatic heterocycles. The zero-order chi connectivity index (χ0) is 17.9. The Balaban J connectivity index is 2.75. The highest BCUT2D eigenvalue weighted by atomic mass is 19.4. The molecule has 1 aromatic rings. The third-order valence-corrected chi connectivity index (χ3v) is 3.77. The average Bonchev–Trinajstić information content (AvgIpc) is 2.83. The number of nitrogens with zero attached hydrogens (tertiary/aromatic N) is 2. The molecular weight excluding hydrogens is 313 g/mol. The standard InChI is InChI=1S/C14H23F3N4O2/c1-5-12(2,3)20-11(22)19-7-6-13(23,14(15,16)17)10-18-8-9-21(10)4/h8-9,23H,5-7H2,1-4H3,(H2,19,20,22). The molecule has 0 bridgehead atoms. The second-order valence-corrected chi connectivity index (χ2v) is 6.09. The Morgan fingerprint density at radius 2 is 2.00 bits per heavy atom. The van der Waals surface area contributed by atoms with E-state index in [-0.39, 0.29) is 6.54 Å². The predicted octanol–water partition coefficient (Wildman–Crippen LogP) is 2.05. The van der Waals surface area contributed by atoms with Gasteiger partial charge in [-0.15, -0.1) is 0 Å². The van der Waals surface area contributed by atoms with Crippen molar-refractivity contribution in [2.75, 3.05) is 6.54 Å². The van der Waals surface area contributed by atoms with E-state index >= 15 is 0 Å². The van der Waals surface area contributed by atoms with E-state index in [2.05, 4.69) is 15.6 Å². The number of aromatic nitrogens is 2. The van der Waals surface area contributed by atoms with Gasteiger partial charge in [-0.3, -0.25) is 0 Å². The van der Waals surface area contributed by atoms with Crippen LogP contribution in [0.5, 0.6) is 0 Å². The summed E-state index contributed by atoms with van der Waals surface area (Å²) in [7, 11) is 1.36. The maximum absolute atomic E-state index is 13.3. The molecule has 2 amide bonds. The Morgan fingerprint density at radius 3 is 2.43 bits per heavy atom. The van der Waals surface area contributed by atoms with Crippen LogP contribution >= 0.6 is 0 Å². The van der Waals surface area contributed by atoms with E-state index in [1.54, 1.807) is 13.8 Å². The van der Waals surface area contributed by atoms with Crippen molar-refractivity contribution >= 4 is 6.03 Å². The lowest BCUT2D eigenvalue weighted by Gasteiger charge is -2.30. The highest BCUT2D eigenvalue weighted by Crippen LogP contribution is 2.40. The minimum Gasteiger partial charge on any atom is -0.374 e. The van der Waals surface area contributed by atoms with Crippen molar-refractivity contribution in [3.8, 4) is 0 Å². The summed E-state index contributed by atoms with van der Waals surface area (Å²) in [6, 6.07) is -0.582. The van der Waals surface area contributed by atoms with Crippen LogP contribution < -0.4 is 10.6 Å². The molecule has 3 N–H and O–H groups in total. The van der Waals surface area contributed by atoms with Crippen molar-refractivity contribution in [2.45, 2.75) is 50.9 Å². The number of carbonyl (C=O) groups excluding carboxylic acids is 1. The van der Waals surface area contributed by atoms with E-state index in [9.17, 15) is 23.1 Å². The van der Waals surface area contributed by atoms with Crippen molar-refractivity contribution in [3.05, 3.63) is 18.2 Å². The number of imidazole rings is 1. The fraction of sp³-hybridized carbons (Fsp3) is 0.714. The molecule has 132 valence electrons. The van der Waals surface area contributed by atoms with Crippen LogP contribution in [0.15, 0.2) is 12.4 Å². The zero-order valence-corrected chi connectivity index (χ0v) is 13.7. The first kappa shape index (κ1) is 19.3. The summed E-state index contributed by atoms with van der Waals surface area (Å²) in [5, 5.41) is 15.1. The predicted molar refractivity (Wildman–Crippen MR) is 78.7 cm³/mol. The maximum atomic E-state index is 13.3. The number of nitrogens with one attached hydrogen (secondary N) is 2. The number of rotatable bonds is 6. The van der Waals surface area contributed by atoms with E-state index in [0.29, 0.717) is 6.42 Å². The van der Waals surface area contributed by atoms with Crippen molar-refractivity contribution in [2.24, 2.45) is 7.05 Å². The molecule has 1 rings (SSSR count). The minimum absolute atomic E-state index is 0.353. The third-order valence-electron chi connectivity index (χ3n) is 3.77. The minimum atomic E-state index is -4.91. The van der Waals surface area contributed by atoms with Crippen LogP contribution in [0.1, 0.15) is 39.4 Å². The normalized spacial score (nSPS) is 15.1. The number of amides is 2. The summed E-state index contributed by atoms with van der Waals surface area (Å²) in [5.41, 5.74) is -3.59. The van der Waals surface area contributed by atoms with Gasteiger partial charge in [-0.1, -0.05) is 6.92 Å². The number of aliphatic hydroxyl groups is 1. The summed E-state index contributed by atoms with van der Waals surface area (Å²) in [5.74, 6) is -0.513. The van der Waals surface area contributed by atoms with E-state index in [1.807, 2.05) is 6.92 Å². The van der Waals surface area contributed by atoms with Crippen LogP contribution in [0.25, 0.3) is 0 Å². The van der Waals surface area contributed by atoms with Gasteiger partial charge in [0.15, 0.2) is 0 Å². The molecule has 0 aliphatic rings. The lowest BCUT2D eigenvalue weighted by atomic mass is 9.97. The Morgan fingerprint density at radius 1 is 1.39 bits per heavy atom. The van der Waals surface area contributed by atoms with E-state index in [4.69, 9.17) is 0 Å². The zero-order valence-electron chi connectivity index (χ0n) is 13.7. The van der Waals surface area contributed by atoms with Gasteiger partial charge < -0.3 is 20.3 Å². The van der Waals surface area contributed by atoms with Gasteiger partial charge in [0.05, 0.1) is 0 Å². The highest BCUT2D eigenvalue weighted by molar-refractivity contribution is 5.74. The SMILES string of the molecule is CCC(C)(C)NC(=O)NCCC(O)(c1nccn1C)C(F)(F)F. The van der Waals surface area contributed by atoms with Gasteiger partial charge >= 0.3 is 12.2 Å². The molecule has 1 aromatic heterocycles. The summed E-state index contributed by atoms with van der Waals surface area (Å²) < 4.78 is 40.9. The lowest BCUT2D eigenvalue weighted by molar-refractivity contribution is -0.272. The molecular formula is C14H23F3N4O2. The van der Waals surface area contributed by atoms with Gasteiger partial charge in [0, 0.05) is 37.9 Å². The van der Waals surface area contributed by atoms with Crippen LogP contribution in [0, 0.1) is 0 Å². The first-order chi connectivity index (χ1) is 10.4. The van der Waals surface area contributed by atoms with Crippen molar-refractivity contribution in [1.82, 2.24) is 20.2 Å². The van der Waals surface area contributed by atoms with Gasteiger partial charge in [0.25, 0.3) is 0 Å². The molecule has 23 heavy (non-hydrogen) atoms. The van der Waals surface area contributed by atoms with Crippen molar-refractivity contribution in [3.63, 3.8) is 0 Å². The average molecular weight is 336 g/mol. The molecule has 9 heteroatoms. The maximum Gasteiger partial charge on any atom is 0.424 e. The van der Waals surface area contributed by atoms with Gasteiger partial charge in [-0.05, 0) is 20.3 Å². The quantitative estimate of drug-likeness (QED) is 0.744. The van der Waals surface area contributed by atoms with Gasteiger partial charge in [0.1, 0.15) is 5.82 Å². The monoisotopic (exact) mass is 336 g/mol. The molecule has 0 aliphatic carbocycles. The lowest BCUT2D eigenvalue weighted by Crippen LogP contribution is -2.50. The van der Waals surface area contributed by atoms with E-state index < -0.39 is 35.6 Å². The van der Waals surface area contributed by atoms with Crippen molar-refractivity contribution in [1.29, 1.82) is 0 Å². The largest absolute Gasteiger partial charge is 0.424 e. The Kier molecular flexibility index (Phi) is 5.68. The van der Waals surface area contributed by atoms with Gasteiger partial charge in [0.2, 0.25) is 5.60 Å². The number of hydrogen-bond acceptors (Lipinski definition) is 3. The van der Waals surface area contributed by atoms with Crippen LogP contribution in [-0.2, 0) is 12.6 Å². The van der Waals surface area contributed by atoms with Gasteiger partial charge in [-0.25, -0.2) is 9.78 Å². The van der Waals surface area contributed by atoms with E-state index in [1.165, 1.54) is 19.4 Å². The molecule has 1 heterocycles. The number of halogens is 3. The number of carbonyl (C=O) groups is 1. The second-order valence-electron chi connectivity index (χ2n) is 6.09. The molecule has 6 nitrogen and oxygen atoms in total. The van der Waals surface area contributed by atoms with Crippen LogP contribution in [0.2, 0.25) is 0 Å². The molecule has 0 radical (unpaired) electrons. The smallest absolute Gasteiger partial charge is 0.374 e. The highest BCUT2D eigenvalue weighted by Gasteiger charge is 2.57. The fourth-order valence-corrected chi connectivity index (χ4v) is 1.94. The molecule has 0 fully saturated rings. The summed E-state index contributed by atoms with van der Waals surface area (Å²) in [6.07, 6.45) is -2.49. The molecule has 0 aromatic carbocycles. The van der Waals surface area contributed by atoms with Gasteiger partial charge in [-0.2, -0.15) is 13.2 Å². The van der Waals surface area contributed by atoms with Crippen LogP contribution in [0.4, 0.5) is 18.0 Å². The number of hydrogen-bond donors (Lipinski definition) is 3. The molecule has 0 saturated carbocycles. The number of aryl methyl sites for hydroxylation is 1. The Bertz CT molecular complexity index is 542. The number of urea groups is 1. The van der Waals surface area contributed by atoms with Crippen LogP contribution in [-0.4, -0.2) is 38.9 Å². The molecule has 1 unspecified atom stereocenters. The summed E-state index contributed by atoms with van der Waals surface area (Å²) >= 11 is 0. The number of alkyl halides is 3. The third kappa shape index (κ3) is 4.60. The molecule has 1 atom stereocenters. The van der Waals surface area contributed by atoms with Crippen LogP contribution in [0.3, 0.4) is 0 Å². The van der Waals surface area contributed by atoms with E-state index in [0.717, 1.165) is 4.57 Å². The molecule has 0 spiro atoms. The Hall–Kier alpha value is -1.77. The second kappa shape index (κ2) is 6.77. The Labute approximate surface area is 133 Å². The summed E-state index contributed by atoms with van der Waals surface area (Å²) in [4.78, 5) is 15.3. The summed E-state index contributed by atoms with van der Waals surface area (Å²) in [6.45, 7) is 5.12. The first-order valence-electron chi connectivity index (χ1n) is 7.26. The first-order valence-corrected chi connectivity index (χ1v) is 7.26. The van der Waals surface area contributed by atoms with Crippen molar-refractivity contribution < 1.29 is 23.1 Å². The molecule has 0 saturated heterocycles. The topological polar surface area (TPSA) is 79.2 Å². The fourth-order valence-electron chi connectivity index (χ4n) is 1.94.